The van der Waals surface area contributed by atoms with Crippen molar-refractivity contribution in [1.82, 2.24) is 15.0 Å². The number of hydrogen-bond acceptors (Lipinski definition) is 4. The van der Waals surface area contributed by atoms with Gasteiger partial charge in [0.25, 0.3) is 0 Å². The predicted molar refractivity (Wildman–Crippen MR) is 78.9 cm³/mol. The topological polar surface area (TPSA) is 71.2 Å². The van der Waals surface area contributed by atoms with Crippen LogP contribution in [0.15, 0.2) is 30.5 Å². The molecule has 1 aliphatic heterocycles. The number of carboxylic acid groups (broad SMARTS) is 1. The van der Waals surface area contributed by atoms with Gasteiger partial charge in [0.2, 0.25) is 0 Å². The molecule has 0 spiro atoms. The van der Waals surface area contributed by atoms with Gasteiger partial charge in [-0.1, -0.05) is 12.1 Å². The fourth-order valence-corrected chi connectivity index (χ4v) is 2.57. The van der Waals surface area contributed by atoms with Gasteiger partial charge in [-0.05, 0) is 43.0 Å². The first-order valence-electron chi connectivity index (χ1n) is 7.14. The second-order valence-electron chi connectivity index (χ2n) is 5.54. The predicted octanol–water partition coefficient (Wildman–Crippen LogP) is 2.20. The van der Waals surface area contributed by atoms with Gasteiger partial charge in [-0.25, -0.2) is 9.48 Å². The summed E-state index contributed by atoms with van der Waals surface area (Å²) in [5.74, 6) is -0.259. The van der Waals surface area contributed by atoms with Crippen LogP contribution in [0.1, 0.15) is 30.3 Å². The van der Waals surface area contributed by atoms with Crippen molar-refractivity contribution in [3.63, 3.8) is 0 Å². The maximum Gasteiger partial charge on any atom is 0.358 e. The molecule has 3 rings (SSSR count). The van der Waals surface area contributed by atoms with E-state index in [2.05, 4.69) is 22.1 Å². The molecule has 0 bridgehead atoms. The number of aromatic nitrogens is 3. The van der Waals surface area contributed by atoms with Crippen molar-refractivity contribution < 1.29 is 9.90 Å². The average Bonchev–Trinajstić information content (AvgIpc) is 2.98. The highest BCUT2D eigenvalue weighted by atomic mass is 16.4. The lowest BCUT2D eigenvalue weighted by Gasteiger charge is -2.32. The zero-order chi connectivity index (χ0) is 14.8. The van der Waals surface area contributed by atoms with Crippen LogP contribution in [0.25, 0.3) is 5.69 Å². The zero-order valence-corrected chi connectivity index (χ0v) is 11.9. The van der Waals surface area contributed by atoms with E-state index < -0.39 is 5.97 Å². The maximum atomic E-state index is 10.8. The molecule has 1 aromatic carbocycles. The summed E-state index contributed by atoms with van der Waals surface area (Å²) in [6, 6.07) is 7.97. The SMILES string of the molecule is CC1CCN(c2ccc(-n3cc(C(=O)O)nn3)cc2)CC1. The highest BCUT2D eigenvalue weighted by molar-refractivity contribution is 5.84. The van der Waals surface area contributed by atoms with Gasteiger partial charge in [-0.15, -0.1) is 5.10 Å². The van der Waals surface area contributed by atoms with Gasteiger partial charge in [0.15, 0.2) is 5.69 Å². The Kier molecular flexibility index (Phi) is 3.60. The van der Waals surface area contributed by atoms with Crippen molar-refractivity contribution in [1.29, 1.82) is 0 Å². The Morgan fingerprint density at radius 2 is 1.81 bits per heavy atom. The lowest BCUT2D eigenvalue weighted by molar-refractivity contribution is 0.0690. The number of piperidine rings is 1. The highest BCUT2D eigenvalue weighted by Gasteiger charge is 2.16. The van der Waals surface area contributed by atoms with E-state index in [4.69, 9.17) is 5.11 Å². The average molecular weight is 286 g/mol. The lowest BCUT2D eigenvalue weighted by Crippen LogP contribution is -2.32. The number of carboxylic acids is 1. The molecule has 0 radical (unpaired) electrons. The van der Waals surface area contributed by atoms with Crippen LogP contribution in [0.4, 0.5) is 5.69 Å². The fourth-order valence-electron chi connectivity index (χ4n) is 2.57. The second-order valence-corrected chi connectivity index (χ2v) is 5.54. The molecule has 0 atom stereocenters. The Morgan fingerprint density at radius 3 is 2.38 bits per heavy atom. The standard InChI is InChI=1S/C15H18N4O2/c1-11-6-8-18(9-7-11)12-2-4-13(5-3-12)19-10-14(15(20)21)16-17-19/h2-5,10-11H,6-9H2,1H3,(H,20,21). The molecule has 1 fully saturated rings. The summed E-state index contributed by atoms with van der Waals surface area (Å²) in [5.41, 5.74) is 1.96. The van der Waals surface area contributed by atoms with Crippen molar-refractivity contribution in [2.45, 2.75) is 19.8 Å². The van der Waals surface area contributed by atoms with E-state index in [-0.39, 0.29) is 5.69 Å². The molecule has 1 aromatic heterocycles. The van der Waals surface area contributed by atoms with Crippen LogP contribution in [0, 0.1) is 5.92 Å². The molecule has 0 saturated carbocycles. The Labute approximate surface area is 123 Å². The van der Waals surface area contributed by atoms with Gasteiger partial charge in [0.05, 0.1) is 11.9 Å². The van der Waals surface area contributed by atoms with Gasteiger partial charge in [-0.3, -0.25) is 0 Å². The smallest absolute Gasteiger partial charge is 0.358 e. The maximum absolute atomic E-state index is 10.8. The number of hydrogen-bond donors (Lipinski definition) is 1. The number of nitrogens with zero attached hydrogens (tertiary/aromatic N) is 4. The molecule has 1 aliphatic rings. The summed E-state index contributed by atoms with van der Waals surface area (Å²) < 4.78 is 1.48. The molecular formula is C15H18N4O2. The molecule has 6 nitrogen and oxygen atoms in total. The molecule has 2 aromatic rings. The molecule has 0 amide bonds. The summed E-state index contributed by atoms with van der Waals surface area (Å²) in [7, 11) is 0. The number of rotatable bonds is 3. The normalized spacial score (nSPS) is 16.1. The number of aromatic carboxylic acids is 1. The third-order valence-electron chi connectivity index (χ3n) is 3.98. The highest BCUT2D eigenvalue weighted by Crippen LogP contribution is 2.23. The molecule has 0 aliphatic carbocycles. The summed E-state index contributed by atoms with van der Waals surface area (Å²) in [5, 5.41) is 16.3. The number of benzene rings is 1. The minimum Gasteiger partial charge on any atom is -0.476 e. The number of anilines is 1. The summed E-state index contributed by atoms with van der Waals surface area (Å²) in [6.45, 7) is 4.48. The fraction of sp³-hybridized carbons (Fsp3) is 0.400. The van der Waals surface area contributed by atoms with E-state index in [1.807, 2.05) is 24.3 Å². The van der Waals surface area contributed by atoms with E-state index in [1.54, 1.807) is 0 Å². The van der Waals surface area contributed by atoms with Crippen LogP contribution in [-0.4, -0.2) is 39.2 Å². The molecule has 2 heterocycles. The van der Waals surface area contributed by atoms with Crippen LogP contribution < -0.4 is 4.90 Å². The first-order valence-corrected chi connectivity index (χ1v) is 7.14. The van der Waals surface area contributed by atoms with Crippen LogP contribution in [-0.2, 0) is 0 Å². The third kappa shape index (κ3) is 2.89. The Morgan fingerprint density at radius 1 is 1.19 bits per heavy atom. The molecule has 0 unspecified atom stereocenters. The molecule has 110 valence electrons. The molecule has 21 heavy (non-hydrogen) atoms. The second kappa shape index (κ2) is 5.55. The molecule has 1 N–H and O–H groups in total. The first kappa shape index (κ1) is 13.6. The van der Waals surface area contributed by atoms with Crippen LogP contribution >= 0.6 is 0 Å². The van der Waals surface area contributed by atoms with Crippen molar-refractivity contribution in [2.24, 2.45) is 5.92 Å². The lowest BCUT2D eigenvalue weighted by atomic mass is 9.99. The molecule has 1 saturated heterocycles. The minimum absolute atomic E-state index is 0.0518. The minimum atomic E-state index is -1.07. The third-order valence-corrected chi connectivity index (χ3v) is 3.98. The first-order chi connectivity index (χ1) is 10.1. The van der Waals surface area contributed by atoms with E-state index in [0.29, 0.717) is 0 Å². The van der Waals surface area contributed by atoms with Crippen LogP contribution in [0.5, 0.6) is 0 Å². The van der Waals surface area contributed by atoms with E-state index in [1.165, 1.54) is 29.4 Å². The number of carbonyl (C=O) groups is 1. The Hall–Kier alpha value is -2.37. The largest absolute Gasteiger partial charge is 0.476 e. The van der Waals surface area contributed by atoms with Crippen molar-refractivity contribution in [3.05, 3.63) is 36.2 Å². The monoisotopic (exact) mass is 286 g/mol. The van der Waals surface area contributed by atoms with Gasteiger partial charge in [0, 0.05) is 18.8 Å². The Bertz CT molecular complexity index is 627. The van der Waals surface area contributed by atoms with Gasteiger partial charge in [0.1, 0.15) is 0 Å². The quantitative estimate of drug-likeness (QED) is 0.936. The zero-order valence-electron chi connectivity index (χ0n) is 11.9. The molecule has 6 heteroatoms. The van der Waals surface area contributed by atoms with E-state index in [0.717, 1.165) is 24.7 Å². The van der Waals surface area contributed by atoms with E-state index >= 15 is 0 Å². The summed E-state index contributed by atoms with van der Waals surface area (Å²) >= 11 is 0. The van der Waals surface area contributed by atoms with Crippen molar-refractivity contribution >= 4 is 11.7 Å². The summed E-state index contributed by atoms with van der Waals surface area (Å²) in [4.78, 5) is 13.2. The van der Waals surface area contributed by atoms with Crippen LogP contribution in [0.3, 0.4) is 0 Å². The van der Waals surface area contributed by atoms with Gasteiger partial charge < -0.3 is 10.0 Å². The van der Waals surface area contributed by atoms with Crippen molar-refractivity contribution in [2.75, 3.05) is 18.0 Å². The summed E-state index contributed by atoms with van der Waals surface area (Å²) in [6.07, 6.45) is 3.87. The van der Waals surface area contributed by atoms with Gasteiger partial charge in [-0.2, -0.15) is 0 Å². The van der Waals surface area contributed by atoms with Gasteiger partial charge >= 0.3 is 5.97 Å². The molecular weight excluding hydrogens is 268 g/mol. The van der Waals surface area contributed by atoms with Crippen molar-refractivity contribution in [3.8, 4) is 5.69 Å². The van der Waals surface area contributed by atoms with Crippen LogP contribution in [0.2, 0.25) is 0 Å². The van der Waals surface area contributed by atoms with E-state index in [9.17, 15) is 4.79 Å². The Balaban J connectivity index is 1.75.